The van der Waals surface area contributed by atoms with E-state index in [0.717, 1.165) is 0 Å². The zero-order valence-electron chi connectivity index (χ0n) is 13.5. The van der Waals surface area contributed by atoms with Gasteiger partial charge in [-0.05, 0) is 24.3 Å². The Kier molecular flexibility index (Phi) is 5.62. The van der Waals surface area contributed by atoms with Crippen molar-refractivity contribution in [3.8, 4) is 11.5 Å². The largest absolute Gasteiger partial charge is 0.426 e. The van der Waals surface area contributed by atoms with Crippen LogP contribution in [0.5, 0.6) is 11.5 Å². The highest BCUT2D eigenvalue weighted by atomic mass is 16.6. The number of para-hydroxylation sites is 2. The summed E-state index contributed by atoms with van der Waals surface area (Å²) in [4.78, 5) is 46.6. The van der Waals surface area contributed by atoms with E-state index in [0.29, 0.717) is 0 Å². The quantitative estimate of drug-likeness (QED) is 0.478. The summed E-state index contributed by atoms with van der Waals surface area (Å²) >= 11 is 0. The minimum atomic E-state index is -1.00. The van der Waals surface area contributed by atoms with Crippen LogP contribution in [0.25, 0.3) is 0 Å². The number of benzene rings is 2. The SMILES string of the molecule is CC(=O)Oc1ccccc1C(=O)OC(=O)c1ccccc1OC(C)=O. The zero-order chi connectivity index (χ0) is 18.4. The van der Waals surface area contributed by atoms with E-state index in [4.69, 9.17) is 14.2 Å². The first-order valence-corrected chi connectivity index (χ1v) is 7.20. The van der Waals surface area contributed by atoms with Gasteiger partial charge < -0.3 is 14.2 Å². The Hall–Kier alpha value is -3.48. The molecule has 128 valence electrons. The maximum atomic E-state index is 12.2. The highest BCUT2D eigenvalue weighted by Crippen LogP contribution is 2.22. The third-order valence-corrected chi connectivity index (χ3v) is 2.91. The lowest BCUT2D eigenvalue weighted by Crippen LogP contribution is -2.16. The van der Waals surface area contributed by atoms with E-state index in [1.165, 1.54) is 50.2 Å². The minimum absolute atomic E-state index is 0.0268. The normalized spacial score (nSPS) is 9.84. The van der Waals surface area contributed by atoms with E-state index < -0.39 is 23.9 Å². The van der Waals surface area contributed by atoms with Gasteiger partial charge in [0.05, 0.1) is 0 Å². The second-order valence-electron chi connectivity index (χ2n) is 4.86. The Labute approximate surface area is 143 Å². The van der Waals surface area contributed by atoms with Crippen LogP contribution in [0, 0.1) is 0 Å². The molecule has 0 unspecified atom stereocenters. The van der Waals surface area contributed by atoms with Crippen LogP contribution in [0.15, 0.2) is 48.5 Å². The number of rotatable bonds is 4. The topological polar surface area (TPSA) is 96.0 Å². The van der Waals surface area contributed by atoms with Gasteiger partial charge in [-0.15, -0.1) is 0 Å². The molecule has 7 heteroatoms. The molecular formula is C18H14O7. The molecule has 0 aromatic heterocycles. The molecule has 0 saturated carbocycles. The first kappa shape index (κ1) is 17.9. The molecule has 2 aromatic carbocycles. The molecule has 0 radical (unpaired) electrons. The van der Waals surface area contributed by atoms with Gasteiger partial charge in [0, 0.05) is 13.8 Å². The monoisotopic (exact) mass is 342 g/mol. The van der Waals surface area contributed by atoms with Crippen LogP contribution in [-0.2, 0) is 14.3 Å². The predicted molar refractivity (Wildman–Crippen MR) is 85.2 cm³/mol. The summed E-state index contributed by atoms with van der Waals surface area (Å²) in [5.41, 5.74) is -0.174. The Balaban J connectivity index is 2.23. The van der Waals surface area contributed by atoms with Gasteiger partial charge in [0.25, 0.3) is 0 Å². The van der Waals surface area contributed by atoms with Gasteiger partial charge in [0.2, 0.25) is 0 Å². The first-order chi connectivity index (χ1) is 11.9. The van der Waals surface area contributed by atoms with Crippen molar-refractivity contribution in [1.82, 2.24) is 0 Å². The van der Waals surface area contributed by atoms with E-state index in [2.05, 4.69) is 0 Å². The summed E-state index contributed by atoms with van der Waals surface area (Å²) < 4.78 is 14.6. The molecule has 0 atom stereocenters. The number of hydrogen-bond acceptors (Lipinski definition) is 7. The average Bonchev–Trinajstić information content (AvgIpc) is 2.54. The van der Waals surface area contributed by atoms with Crippen LogP contribution >= 0.6 is 0 Å². The lowest BCUT2D eigenvalue weighted by atomic mass is 10.2. The van der Waals surface area contributed by atoms with Crippen LogP contribution in [0.1, 0.15) is 34.6 Å². The fourth-order valence-electron chi connectivity index (χ4n) is 1.95. The molecule has 0 bridgehead atoms. The van der Waals surface area contributed by atoms with Gasteiger partial charge in [-0.3, -0.25) is 9.59 Å². The second-order valence-corrected chi connectivity index (χ2v) is 4.86. The second kappa shape index (κ2) is 7.87. The number of ether oxygens (including phenoxy) is 3. The van der Waals surface area contributed by atoms with Gasteiger partial charge in [-0.25, -0.2) is 9.59 Å². The molecule has 0 spiro atoms. The van der Waals surface area contributed by atoms with E-state index in [-0.39, 0.29) is 22.6 Å². The number of carbonyl (C=O) groups is 4. The zero-order valence-corrected chi connectivity index (χ0v) is 13.5. The molecule has 0 heterocycles. The van der Waals surface area contributed by atoms with Crippen molar-refractivity contribution < 1.29 is 33.4 Å². The van der Waals surface area contributed by atoms with Crippen LogP contribution < -0.4 is 9.47 Å². The van der Waals surface area contributed by atoms with Gasteiger partial charge in [-0.2, -0.15) is 0 Å². The average molecular weight is 342 g/mol. The predicted octanol–water partition coefficient (Wildman–Crippen LogP) is 2.53. The van der Waals surface area contributed by atoms with Crippen molar-refractivity contribution in [1.29, 1.82) is 0 Å². The highest BCUT2D eigenvalue weighted by molar-refractivity contribution is 6.05. The standard InChI is InChI=1S/C18H14O7/c1-11(19)23-15-9-5-3-7-13(15)17(21)25-18(22)14-8-4-6-10-16(14)24-12(2)20/h3-10H,1-2H3. The Morgan fingerprint density at radius 2 is 1.00 bits per heavy atom. The van der Waals surface area contributed by atoms with E-state index in [1.54, 1.807) is 12.1 Å². The van der Waals surface area contributed by atoms with Crippen LogP contribution in [0.3, 0.4) is 0 Å². The molecular weight excluding hydrogens is 328 g/mol. The van der Waals surface area contributed by atoms with Gasteiger partial charge in [0.1, 0.15) is 22.6 Å². The van der Waals surface area contributed by atoms with Crippen LogP contribution in [0.4, 0.5) is 0 Å². The molecule has 2 aromatic rings. The van der Waals surface area contributed by atoms with E-state index >= 15 is 0 Å². The molecule has 0 fully saturated rings. The molecule has 7 nitrogen and oxygen atoms in total. The van der Waals surface area contributed by atoms with E-state index in [1.807, 2.05) is 0 Å². The third-order valence-electron chi connectivity index (χ3n) is 2.91. The van der Waals surface area contributed by atoms with Crippen molar-refractivity contribution in [3.63, 3.8) is 0 Å². The van der Waals surface area contributed by atoms with Crippen molar-refractivity contribution in [2.45, 2.75) is 13.8 Å². The van der Waals surface area contributed by atoms with Crippen LogP contribution in [-0.4, -0.2) is 23.9 Å². The third kappa shape index (κ3) is 4.74. The molecule has 2 rings (SSSR count). The summed E-state index contributed by atoms with van der Waals surface area (Å²) in [5.74, 6) is -3.29. The van der Waals surface area contributed by atoms with Crippen molar-refractivity contribution in [2.24, 2.45) is 0 Å². The fourth-order valence-corrected chi connectivity index (χ4v) is 1.95. The minimum Gasteiger partial charge on any atom is -0.426 e. The molecule has 0 N–H and O–H groups in total. The number of esters is 4. The summed E-state index contributed by atoms with van der Waals surface area (Å²) in [6.45, 7) is 2.37. The molecule has 0 amide bonds. The van der Waals surface area contributed by atoms with Gasteiger partial charge >= 0.3 is 23.9 Å². The van der Waals surface area contributed by atoms with E-state index in [9.17, 15) is 19.2 Å². The molecule has 0 aliphatic rings. The first-order valence-electron chi connectivity index (χ1n) is 7.20. The van der Waals surface area contributed by atoms with Crippen LogP contribution in [0.2, 0.25) is 0 Å². The fraction of sp³-hybridized carbons (Fsp3) is 0.111. The molecule has 25 heavy (non-hydrogen) atoms. The maximum Gasteiger partial charge on any atom is 0.349 e. The Morgan fingerprint density at radius 1 is 0.640 bits per heavy atom. The van der Waals surface area contributed by atoms with Gasteiger partial charge in [0.15, 0.2) is 0 Å². The maximum absolute atomic E-state index is 12.2. The number of carbonyl (C=O) groups excluding carboxylic acids is 4. The molecule has 0 saturated heterocycles. The van der Waals surface area contributed by atoms with Crippen molar-refractivity contribution in [2.75, 3.05) is 0 Å². The summed E-state index contributed by atoms with van der Waals surface area (Å²) in [5, 5.41) is 0. The summed E-state index contributed by atoms with van der Waals surface area (Å²) in [6.07, 6.45) is 0. The Morgan fingerprint density at radius 3 is 1.36 bits per heavy atom. The molecule has 0 aliphatic carbocycles. The lowest BCUT2D eigenvalue weighted by Gasteiger charge is -2.10. The molecule has 0 aliphatic heterocycles. The highest BCUT2D eigenvalue weighted by Gasteiger charge is 2.22. The Bertz CT molecular complexity index is 769. The smallest absolute Gasteiger partial charge is 0.349 e. The van der Waals surface area contributed by atoms with Gasteiger partial charge in [-0.1, -0.05) is 24.3 Å². The van der Waals surface area contributed by atoms with Crippen molar-refractivity contribution in [3.05, 3.63) is 59.7 Å². The number of hydrogen-bond donors (Lipinski definition) is 0. The van der Waals surface area contributed by atoms with Crippen molar-refractivity contribution >= 4 is 23.9 Å². The summed E-state index contributed by atoms with van der Waals surface area (Å²) in [7, 11) is 0. The lowest BCUT2D eigenvalue weighted by molar-refractivity contribution is -0.132. The summed E-state index contributed by atoms with van der Waals surface area (Å²) in [6, 6.07) is 11.7.